The zero-order valence-electron chi connectivity index (χ0n) is 21.3. The van der Waals surface area contributed by atoms with Gasteiger partial charge in [-0.25, -0.2) is 0 Å². The van der Waals surface area contributed by atoms with Crippen molar-refractivity contribution < 1.29 is 0 Å². The number of rotatable bonds is 25. The standard InChI is InChI=1S/C28H60N2/c1-3-4-5-6-7-8-9-10-11-12-13-14-15-16-17-18-19-20-21-22-23-24-25-26-28(30)27(2)29/h27-28H,3-26,29-30H2,1-2H3. The Hall–Kier alpha value is -0.0800. The van der Waals surface area contributed by atoms with Crippen molar-refractivity contribution in [1.29, 1.82) is 0 Å². The molecule has 0 saturated carbocycles. The van der Waals surface area contributed by atoms with Gasteiger partial charge in [-0.05, 0) is 13.3 Å². The number of hydrogen-bond donors (Lipinski definition) is 2. The second kappa shape index (κ2) is 25.2. The second-order valence-corrected chi connectivity index (χ2v) is 10.1. The summed E-state index contributed by atoms with van der Waals surface area (Å²) in [4.78, 5) is 0. The molecule has 2 atom stereocenters. The van der Waals surface area contributed by atoms with Gasteiger partial charge in [-0.15, -0.1) is 0 Å². The Bertz CT molecular complexity index is 303. The maximum absolute atomic E-state index is 5.98. The normalized spacial score (nSPS) is 13.6. The summed E-state index contributed by atoms with van der Waals surface area (Å²) in [6, 6.07) is 0.338. The van der Waals surface area contributed by atoms with Gasteiger partial charge in [-0.1, -0.05) is 155 Å². The maximum Gasteiger partial charge on any atom is 0.0189 e. The van der Waals surface area contributed by atoms with E-state index >= 15 is 0 Å². The minimum absolute atomic E-state index is 0.143. The molecule has 0 aromatic heterocycles. The third-order valence-corrected chi connectivity index (χ3v) is 6.82. The number of hydrogen-bond acceptors (Lipinski definition) is 2. The molecule has 0 heterocycles. The van der Waals surface area contributed by atoms with Crippen LogP contribution in [0.1, 0.15) is 168 Å². The lowest BCUT2D eigenvalue weighted by Crippen LogP contribution is -2.38. The highest BCUT2D eigenvalue weighted by Crippen LogP contribution is 2.15. The van der Waals surface area contributed by atoms with Crippen LogP contribution in [0.4, 0.5) is 0 Å². The van der Waals surface area contributed by atoms with E-state index in [1.807, 2.05) is 6.92 Å². The average molecular weight is 425 g/mol. The minimum atomic E-state index is 0.143. The third-order valence-electron chi connectivity index (χ3n) is 6.82. The monoisotopic (exact) mass is 424 g/mol. The first-order valence-electron chi connectivity index (χ1n) is 14.2. The lowest BCUT2D eigenvalue weighted by Gasteiger charge is -2.14. The Morgan fingerprint density at radius 3 is 0.867 bits per heavy atom. The molecule has 2 nitrogen and oxygen atoms in total. The molecule has 0 aliphatic rings. The molecule has 0 spiro atoms. The second-order valence-electron chi connectivity index (χ2n) is 10.1. The Morgan fingerprint density at radius 1 is 0.400 bits per heavy atom. The molecule has 0 aromatic carbocycles. The minimum Gasteiger partial charge on any atom is -0.327 e. The molecule has 0 fully saturated rings. The van der Waals surface area contributed by atoms with E-state index in [4.69, 9.17) is 11.5 Å². The molecule has 0 amide bonds. The van der Waals surface area contributed by atoms with Crippen molar-refractivity contribution in [3.05, 3.63) is 0 Å². The molecule has 0 bridgehead atoms. The Morgan fingerprint density at radius 2 is 0.633 bits per heavy atom. The lowest BCUT2D eigenvalue weighted by molar-refractivity contribution is 0.480. The van der Waals surface area contributed by atoms with E-state index in [0.29, 0.717) is 0 Å². The maximum atomic E-state index is 5.98. The fraction of sp³-hybridized carbons (Fsp3) is 1.00. The quantitative estimate of drug-likeness (QED) is 0.144. The smallest absolute Gasteiger partial charge is 0.0189 e. The van der Waals surface area contributed by atoms with Crippen molar-refractivity contribution in [3.63, 3.8) is 0 Å². The van der Waals surface area contributed by atoms with Crippen molar-refractivity contribution in [2.75, 3.05) is 0 Å². The van der Waals surface area contributed by atoms with Gasteiger partial charge in [-0.2, -0.15) is 0 Å². The van der Waals surface area contributed by atoms with Gasteiger partial charge in [0.05, 0.1) is 0 Å². The highest BCUT2D eigenvalue weighted by Gasteiger charge is 2.06. The molecule has 0 saturated heterocycles. The van der Waals surface area contributed by atoms with E-state index < -0.39 is 0 Å². The topological polar surface area (TPSA) is 52.0 Å². The molecule has 2 heteroatoms. The Kier molecular flexibility index (Phi) is 25.1. The Balaban J connectivity index is 3.03. The van der Waals surface area contributed by atoms with Crippen LogP contribution >= 0.6 is 0 Å². The first-order chi connectivity index (χ1) is 14.7. The molecule has 0 rings (SSSR count). The van der Waals surface area contributed by atoms with Gasteiger partial charge >= 0.3 is 0 Å². The van der Waals surface area contributed by atoms with Gasteiger partial charge in [0.1, 0.15) is 0 Å². The summed E-state index contributed by atoms with van der Waals surface area (Å²) in [5, 5.41) is 0. The van der Waals surface area contributed by atoms with Crippen LogP contribution in [-0.4, -0.2) is 12.1 Å². The van der Waals surface area contributed by atoms with E-state index in [2.05, 4.69) is 6.92 Å². The van der Waals surface area contributed by atoms with E-state index in [9.17, 15) is 0 Å². The summed E-state index contributed by atoms with van der Waals surface area (Å²) in [6.07, 6.45) is 34.2. The molecule has 0 aliphatic heterocycles. The average Bonchev–Trinajstić information content (AvgIpc) is 2.74. The van der Waals surface area contributed by atoms with Crippen molar-refractivity contribution in [3.8, 4) is 0 Å². The first kappa shape index (κ1) is 29.9. The van der Waals surface area contributed by atoms with Gasteiger partial charge in [-0.3, -0.25) is 0 Å². The van der Waals surface area contributed by atoms with Crippen molar-refractivity contribution in [2.24, 2.45) is 11.5 Å². The van der Waals surface area contributed by atoms with E-state index in [-0.39, 0.29) is 12.1 Å². The van der Waals surface area contributed by atoms with Crippen LogP contribution in [0.5, 0.6) is 0 Å². The fourth-order valence-electron chi connectivity index (χ4n) is 4.43. The van der Waals surface area contributed by atoms with Crippen LogP contribution in [0.25, 0.3) is 0 Å². The zero-order chi connectivity index (χ0) is 22.1. The Labute approximate surface area is 191 Å². The molecule has 4 N–H and O–H groups in total. The molecule has 0 radical (unpaired) electrons. The van der Waals surface area contributed by atoms with E-state index in [1.165, 1.54) is 148 Å². The summed E-state index contributed by atoms with van der Waals surface area (Å²) < 4.78 is 0. The molecule has 30 heavy (non-hydrogen) atoms. The number of unbranched alkanes of at least 4 members (excludes halogenated alkanes) is 22. The predicted molar refractivity (Wildman–Crippen MR) is 138 cm³/mol. The van der Waals surface area contributed by atoms with Crippen LogP contribution in [0.15, 0.2) is 0 Å². The van der Waals surface area contributed by atoms with Crippen LogP contribution in [-0.2, 0) is 0 Å². The molecule has 0 aromatic rings. The van der Waals surface area contributed by atoms with Crippen LogP contribution in [0, 0.1) is 0 Å². The summed E-state index contributed by atoms with van der Waals surface area (Å²) in [5.74, 6) is 0. The summed E-state index contributed by atoms with van der Waals surface area (Å²) >= 11 is 0. The van der Waals surface area contributed by atoms with Gasteiger partial charge in [0.15, 0.2) is 0 Å². The SMILES string of the molecule is CCCCCCCCCCCCCCCCCCCCCCCCCC(N)C(C)N. The van der Waals surface area contributed by atoms with Gasteiger partial charge in [0.25, 0.3) is 0 Å². The fourth-order valence-corrected chi connectivity index (χ4v) is 4.43. The van der Waals surface area contributed by atoms with E-state index in [1.54, 1.807) is 0 Å². The van der Waals surface area contributed by atoms with Gasteiger partial charge in [0, 0.05) is 12.1 Å². The van der Waals surface area contributed by atoms with Crippen molar-refractivity contribution >= 4 is 0 Å². The molecular weight excluding hydrogens is 364 g/mol. The van der Waals surface area contributed by atoms with Gasteiger partial charge in [0.2, 0.25) is 0 Å². The largest absolute Gasteiger partial charge is 0.327 e. The van der Waals surface area contributed by atoms with Crippen LogP contribution in [0.3, 0.4) is 0 Å². The van der Waals surface area contributed by atoms with Gasteiger partial charge < -0.3 is 11.5 Å². The summed E-state index contributed by atoms with van der Waals surface area (Å²) in [7, 11) is 0. The van der Waals surface area contributed by atoms with E-state index in [0.717, 1.165) is 6.42 Å². The third kappa shape index (κ3) is 24.2. The molecule has 0 aliphatic carbocycles. The highest BCUT2D eigenvalue weighted by molar-refractivity contribution is 4.70. The molecule has 2 unspecified atom stereocenters. The molecular formula is C28H60N2. The number of nitrogens with two attached hydrogens (primary N) is 2. The first-order valence-corrected chi connectivity index (χ1v) is 14.2. The zero-order valence-corrected chi connectivity index (χ0v) is 21.3. The summed E-state index contributed by atoms with van der Waals surface area (Å²) in [5.41, 5.74) is 11.8. The summed E-state index contributed by atoms with van der Waals surface area (Å²) in [6.45, 7) is 4.32. The van der Waals surface area contributed by atoms with Crippen LogP contribution < -0.4 is 11.5 Å². The van der Waals surface area contributed by atoms with Crippen molar-refractivity contribution in [1.82, 2.24) is 0 Å². The highest BCUT2D eigenvalue weighted by atomic mass is 14.8. The van der Waals surface area contributed by atoms with Crippen molar-refractivity contribution in [2.45, 2.75) is 180 Å². The molecule has 182 valence electrons. The van der Waals surface area contributed by atoms with Crippen LogP contribution in [0.2, 0.25) is 0 Å². The predicted octanol–water partition coefficient (Wildman–Crippen LogP) is 9.04. The lowest BCUT2D eigenvalue weighted by atomic mass is 10.0.